The van der Waals surface area contributed by atoms with Gasteiger partial charge in [-0.2, -0.15) is 0 Å². The molecule has 1 aromatic carbocycles. The summed E-state index contributed by atoms with van der Waals surface area (Å²) >= 11 is 6.48. The van der Waals surface area contributed by atoms with Crippen molar-refractivity contribution < 1.29 is 13.2 Å². The fraction of sp³-hybridized carbons (Fsp3) is 0.375. The Hall–Kier alpha value is -2.91. The van der Waals surface area contributed by atoms with E-state index in [1.807, 2.05) is 36.5 Å². The average Bonchev–Trinajstić information content (AvgIpc) is 2.76. The van der Waals surface area contributed by atoms with Crippen molar-refractivity contribution in [3.8, 4) is 5.75 Å². The fourth-order valence-corrected chi connectivity index (χ4v) is 3.86. The van der Waals surface area contributed by atoms with Crippen molar-refractivity contribution in [2.75, 3.05) is 22.8 Å². The van der Waals surface area contributed by atoms with E-state index in [0.717, 1.165) is 23.9 Å². The summed E-state index contributed by atoms with van der Waals surface area (Å²) in [6, 6.07) is 11.4. The second-order valence-electron chi connectivity index (χ2n) is 9.01. The highest BCUT2D eigenvalue weighted by Gasteiger charge is 2.24. The monoisotopic (exact) mass is 503 g/mol. The zero-order valence-electron chi connectivity index (χ0n) is 20.0. The second-order valence-corrected chi connectivity index (χ2v) is 11.2. The van der Waals surface area contributed by atoms with Gasteiger partial charge in [-0.05, 0) is 41.3 Å². The Morgan fingerprint density at radius 3 is 2.41 bits per heavy atom. The molecule has 0 amide bonds. The van der Waals surface area contributed by atoms with Crippen molar-refractivity contribution in [3.05, 3.63) is 70.6 Å². The van der Waals surface area contributed by atoms with Gasteiger partial charge in [0.2, 0.25) is 16.0 Å². The molecular weight excluding hydrogens is 474 g/mol. The maximum Gasteiger partial charge on any atom is 0.236 e. The quantitative estimate of drug-likeness (QED) is 0.406. The molecule has 0 radical (unpaired) electrons. The van der Waals surface area contributed by atoms with Crippen molar-refractivity contribution >= 4 is 33.4 Å². The van der Waals surface area contributed by atoms with E-state index in [1.165, 1.54) is 6.20 Å². The van der Waals surface area contributed by atoms with Crippen LogP contribution in [0.3, 0.4) is 0 Å². The minimum Gasteiger partial charge on any atom is -0.487 e. The van der Waals surface area contributed by atoms with Crippen LogP contribution in [0.5, 0.6) is 5.75 Å². The van der Waals surface area contributed by atoms with Crippen LogP contribution in [0.4, 0.5) is 11.8 Å². The maximum atomic E-state index is 11.4. The van der Waals surface area contributed by atoms with Crippen LogP contribution in [-0.2, 0) is 22.0 Å². The second kappa shape index (κ2) is 10.6. The van der Waals surface area contributed by atoms with Gasteiger partial charge in [-0.15, -0.1) is 0 Å². The number of benzene rings is 1. The van der Waals surface area contributed by atoms with Crippen molar-refractivity contribution in [2.24, 2.45) is 5.92 Å². The molecule has 2 aromatic heterocycles. The summed E-state index contributed by atoms with van der Waals surface area (Å²) < 4.78 is 30.8. The Balaban J connectivity index is 1.68. The molecule has 0 saturated heterocycles. The predicted octanol–water partition coefficient (Wildman–Crippen LogP) is 4.87. The van der Waals surface area contributed by atoms with Crippen LogP contribution < -0.4 is 14.8 Å². The first kappa shape index (κ1) is 25.7. The number of ether oxygens (including phenoxy) is 1. The number of sulfonamides is 1. The van der Waals surface area contributed by atoms with Gasteiger partial charge in [0.25, 0.3) is 0 Å². The number of anilines is 2. The molecule has 0 spiro atoms. The van der Waals surface area contributed by atoms with E-state index >= 15 is 0 Å². The van der Waals surface area contributed by atoms with Gasteiger partial charge in [-0.25, -0.2) is 23.4 Å². The first-order valence-electron chi connectivity index (χ1n) is 10.9. The largest absolute Gasteiger partial charge is 0.487 e. The number of hydrogen-bond donors (Lipinski definition) is 2. The number of halogens is 1. The first-order valence-corrected chi connectivity index (χ1v) is 13.1. The normalized spacial score (nSPS) is 12.0. The molecule has 2 heterocycles. The van der Waals surface area contributed by atoms with Crippen LogP contribution in [0.25, 0.3) is 0 Å². The molecule has 34 heavy (non-hydrogen) atoms. The Labute approximate surface area is 206 Å². The van der Waals surface area contributed by atoms with Crippen LogP contribution in [0.2, 0.25) is 5.02 Å². The lowest BCUT2D eigenvalue weighted by molar-refractivity contribution is 0.301. The van der Waals surface area contributed by atoms with Gasteiger partial charge < -0.3 is 10.1 Å². The lowest BCUT2D eigenvalue weighted by atomic mass is 9.79. The van der Waals surface area contributed by atoms with Gasteiger partial charge in [-0.3, -0.25) is 4.72 Å². The number of hydrogen-bond acceptors (Lipinski definition) is 7. The highest BCUT2D eigenvalue weighted by molar-refractivity contribution is 7.91. The lowest BCUT2D eigenvalue weighted by Crippen LogP contribution is -2.19. The summed E-state index contributed by atoms with van der Waals surface area (Å²) in [7, 11) is -3.45. The number of aromatic nitrogens is 3. The first-order chi connectivity index (χ1) is 15.9. The Morgan fingerprint density at radius 2 is 1.79 bits per heavy atom. The third-order valence-corrected chi connectivity index (χ3v) is 6.03. The minimum absolute atomic E-state index is 0.0124. The minimum atomic E-state index is -3.45. The topological polar surface area (TPSA) is 106 Å². The van der Waals surface area contributed by atoms with E-state index < -0.39 is 10.0 Å². The van der Waals surface area contributed by atoms with Crippen molar-refractivity contribution in [1.29, 1.82) is 0 Å². The predicted molar refractivity (Wildman–Crippen MR) is 136 cm³/mol. The molecule has 0 atom stereocenters. The average molecular weight is 504 g/mol. The number of pyridine rings is 1. The van der Waals surface area contributed by atoms with Crippen LogP contribution in [0.1, 0.15) is 44.5 Å². The van der Waals surface area contributed by atoms with Crippen LogP contribution >= 0.6 is 11.6 Å². The highest BCUT2D eigenvalue weighted by Crippen LogP contribution is 2.34. The molecule has 3 rings (SSSR count). The number of nitrogens with zero attached hydrogens (tertiary/aromatic N) is 3. The molecule has 0 fully saturated rings. The molecule has 0 aliphatic rings. The van der Waals surface area contributed by atoms with E-state index in [-0.39, 0.29) is 18.0 Å². The van der Waals surface area contributed by atoms with E-state index in [9.17, 15) is 8.42 Å². The van der Waals surface area contributed by atoms with Gasteiger partial charge in [-0.1, -0.05) is 51.4 Å². The lowest BCUT2D eigenvalue weighted by Gasteiger charge is -2.26. The standard InChI is InChI=1S/C24H30ClN5O3S/c1-16(2)13-27-22-21(25)12-18(14-28-22)24(3,4)17-6-8-20(9-7-17)33-15-19-10-11-26-23(29-19)30-34(5,31)32/h6-12,14,16H,13,15H2,1-5H3,(H,27,28)(H,26,29,30). The van der Waals surface area contributed by atoms with E-state index in [4.69, 9.17) is 16.3 Å². The molecule has 0 unspecified atom stereocenters. The molecule has 0 aliphatic carbocycles. The third-order valence-electron chi connectivity index (χ3n) is 5.19. The van der Waals surface area contributed by atoms with Crippen molar-refractivity contribution in [3.63, 3.8) is 0 Å². The van der Waals surface area contributed by atoms with E-state index in [1.54, 1.807) is 6.07 Å². The summed E-state index contributed by atoms with van der Waals surface area (Å²) in [5.74, 6) is 1.87. The maximum absolute atomic E-state index is 11.4. The summed E-state index contributed by atoms with van der Waals surface area (Å²) in [6.45, 7) is 9.48. The van der Waals surface area contributed by atoms with Crippen LogP contribution in [0, 0.1) is 5.92 Å². The zero-order valence-corrected chi connectivity index (χ0v) is 21.5. The Bertz CT molecular complexity index is 1230. The van der Waals surface area contributed by atoms with Crippen LogP contribution in [0.15, 0.2) is 48.8 Å². The molecule has 0 bridgehead atoms. The molecule has 182 valence electrons. The van der Waals surface area contributed by atoms with Gasteiger partial charge in [0.15, 0.2) is 0 Å². The van der Waals surface area contributed by atoms with Crippen LogP contribution in [-0.4, -0.2) is 36.2 Å². The highest BCUT2D eigenvalue weighted by atomic mass is 35.5. The summed E-state index contributed by atoms with van der Waals surface area (Å²) in [6.07, 6.45) is 4.38. The molecular formula is C24H30ClN5O3S. The molecule has 10 heteroatoms. The SMILES string of the molecule is CC(C)CNc1ncc(C(C)(C)c2ccc(OCc3ccnc(NS(C)(=O)=O)n3)cc2)cc1Cl. The summed E-state index contributed by atoms with van der Waals surface area (Å²) in [4.78, 5) is 12.6. The Morgan fingerprint density at radius 1 is 1.09 bits per heavy atom. The van der Waals surface area contributed by atoms with Crippen molar-refractivity contribution in [1.82, 2.24) is 15.0 Å². The number of rotatable bonds is 10. The van der Waals surface area contributed by atoms with Crippen molar-refractivity contribution in [2.45, 2.75) is 39.7 Å². The summed E-state index contributed by atoms with van der Waals surface area (Å²) in [5.41, 5.74) is 2.33. The van der Waals surface area contributed by atoms with Gasteiger partial charge in [0.05, 0.1) is 17.0 Å². The molecule has 0 saturated carbocycles. The Kier molecular flexibility index (Phi) is 7.99. The van der Waals surface area contributed by atoms with E-state index in [0.29, 0.717) is 28.2 Å². The smallest absolute Gasteiger partial charge is 0.236 e. The third kappa shape index (κ3) is 7.04. The summed E-state index contributed by atoms with van der Waals surface area (Å²) in [5, 5.41) is 3.88. The van der Waals surface area contributed by atoms with Gasteiger partial charge in [0, 0.05) is 24.4 Å². The zero-order chi connectivity index (χ0) is 24.9. The molecule has 2 N–H and O–H groups in total. The molecule has 0 aliphatic heterocycles. The number of nitrogens with one attached hydrogen (secondary N) is 2. The van der Waals surface area contributed by atoms with Gasteiger partial charge >= 0.3 is 0 Å². The fourth-order valence-electron chi connectivity index (χ4n) is 3.19. The van der Waals surface area contributed by atoms with Gasteiger partial charge in [0.1, 0.15) is 18.2 Å². The van der Waals surface area contributed by atoms with E-state index in [2.05, 4.69) is 52.7 Å². The molecule has 3 aromatic rings. The molecule has 8 nitrogen and oxygen atoms in total.